The monoisotopic (exact) mass is 190 g/mol. The van der Waals surface area contributed by atoms with Gasteiger partial charge in [-0.05, 0) is 25.1 Å². The average molecular weight is 190 g/mol. The Morgan fingerprint density at radius 3 is 2.00 bits per heavy atom. The van der Waals surface area contributed by atoms with Gasteiger partial charge in [0.25, 0.3) is 0 Å². The zero-order valence-corrected chi connectivity index (χ0v) is 9.53. The molecule has 1 nitrogen and oxygen atoms in total. The molecular weight excluding hydrogens is 171 g/mol. The van der Waals surface area contributed by atoms with Gasteiger partial charge in [-0.25, -0.2) is 0 Å². The highest BCUT2D eigenvalue weighted by Crippen LogP contribution is 2.10. The number of hydrogen-bond donors (Lipinski definition) is 0. The average Bonchev–Trinajstić information content (AvgIpc) is 2.15. The molecule has 0 aromatic heterocycles. The summed E-state index contributed by atoms with van der Waals surface area (Å²) < 4.78 is 5.90. The summed E-state index contributed by atoms with van der Waals surface area (Å²) in [4.78, 5) is 0. The summed E-state index contributed by atoms with van der Waals surface area (Å²) in [6.45, 7) is 8.77. The van der Waals surface area contributed by atoms with Crippen LogP contribution in [0.1, 0.15) is 27.7 Å². The van der Waals surface area contributed by atoms with Gasteiger partial charge in [0.05, 0.1) is 0 Å². The summed E-state index contributed by atoms with van der Waals surface area (Å²) in [5, 5.41) is 0. The molecule has 0 unspecified atom stereocenters. The molecule has 0 aliphatic rings. The van der Waals surface area contributed by atoms with Gasteiger partial charge in [0.15, 0.2) is 0 Å². The number of rotatable bonds is 4. The lowest BCUT2D eigenvalue weighted by Gasteiger charge is -2.20. The molecule has 0 saturated carbocycles. The molecule has 0 heterocycles. The molecular formula is C12H19BO. The van der Waals surface area contributed by atoms with Crippen LogP contribution in [0.25, 0.3) is 0 Å². The lowest BCUT2D eigenvalue weighted by Crippen LogP contribution is -2.38. The van der Waals surface area contributed by atoms with Crippen molar-refractivity contribution in [1.82, 2.24) is 0 Å². The van der Waals surface area contributed by atoms with Crippen molar-refractivity contribution in [1.29, 1.82) is 0 Å². The van der Waals surface area contributed by atoms with Crippen LogP contribution >= 0.6 is 0 Å². The van der Waals surface area contributed by atoms with Gasteiger partial charge < -0.3 is 4.65 Å². The van der Waals surface area contributed by atoms with E-state index in [4.69, 9.17) is 4.65 Å². The lowest BCUT2D eigenvalue weighted by molar-refractivity contribution is 0.244. The van der Waals surface area contributed by atoms with Crippen molar-refractivity contribution in [3.05, 3.63) is 30.3 Å². The minimum absolute atomic E-state index is 0.219. The maximum Gasteiger partial charge on any atom is 0.329 e. The van der Waals surface area contributed by atoms with E-state index in [1.165, 1.54) is 5.46 Å². The van der Waals surface area contributed by atoms with Crippen LogP contribution in [0.5, 0.6) is 0 Å². The normalized spacial score (nSPS) is 11.0. The van der Waals surface area contributed by atoms with Crippen molar-refractivity contribution >= 4 is 12.4 Å². The molecule has 76 valence electrons. The van der Waals surface area contributed by atoms with Crippen molar-refractivity contribution in [2.24, 2.45) is 0 Å². The van der Waals surface area contributed by atoms with Crippen LogP contribution in [-0.2, 0) is 4.65 Å². The molecule has 1 aromatic rings. The van der Waals surface area contributed by atoms with Gasteiger partial charge in [0.2, 0.25) is 0 Å². The van der Waals surface area contributed by atoms with Gasteiger partial charge in [-0.1, -0.05) is 44.2 Å². The molecule has 0 bridgehead atoms. The van der Waals surface area contributed by atoms with Crippen molar-refractivity contribution < 1.29 is 4.65 Å². The van der Waals surface area contributed by atoms with E-state index in [9.17, 15) is 0 Å². The van der Waals surface area contributed by atoms with E-state index in [-0.39, 0.29) is 13.0 Å². The van der Waals surface area contributed by atoms with E-state index < -0.39 is 0 Å². The zero-order valence-electron chi connectivity index (χ0n) is 9.53. The smallest absolute Gasteiger partial charge is 0.329 e. The van der Waals surface area contributed by atoms with Crippen molar-refractivity contribution in [3.8, 4) is 0 Å². The molecule has 14 heavy (non-hydrogen) atoms. The fraction of sp³-hybridized carbons (Fsp3) is 0.500. The molecule has 0 aliphatic carbocycles. The molecule has 0 atom stereocenters. The first-order valence-electron chi connectivity index (χ1n) is 5.31. The second kappa shape index (κ2) is 5.21. The van der Waals surface area contributed by atoms with E-state index in [0.29, 0.717) is 5.82 Å². The van der Waals surface area contributed by atoms with Crippen LogP contribution in [0.15, 0.2) is 30.3 Å². The summed E-state index contributed by atoms with van der Waals surface area (Å²) in [6.07, 6.45) is 0.280. The highest BCUT2D eigenvalue weighted by atomic mass is 16.4. The first-order chi connectivity index (χ1) is 6.61. The maximum absolute atomic E-state index is 5.90. The molecule has 0 amide bonds. The van der Waals surface area contributed by atoms with Crippen molar-refractivity contribution in [2.75, 3.05) is 0 Å². The van der Waals surface area contributed by atoms with Crippen LogP contribution in [0, 0.1) is 0 Å². The Balaban J connectivity index is 2.78. The summed E-state index contributed by atoms with van der Waals surface area (Å²) in [5.41, 5.74) is 1.27. The Morgan fingerprint density at radius 2 is 1.57 bits per heavy atom. The van der Waals surface area contributed by atoms with Crippen LogP contribution in [0.2, 0.25) is 5.82 Å². The quantitative estimate of drug-likeness (QED) is 0.663. The van der Waals surface area contributed by atoms with Crippen LogP contribution in [0.3, 0.4) is 0 Å². The summed E-state index contributed by atoms with van der Waals surface area (Å²) >= 11 is 0. The van der Waals surface area contributed by atoms with Gasteiger partial charge in [-0.15, -0.1) is 0 Å². The summed E-state index contributed by atoms with van der Waals surface area (Å²) in [7, 11) is 0. The Hall–Kier alpha value is -0.755. The predicted octanol–water partition coefficient (Wildman–Crippen LogP) is 2.72. The molecule has 0 N–H and O–H groups in total. The molecule has 0 saturated heterocycles. The third-order valence-electron chi connectivity index (χ3n) is 2.15. The highest BCUT2D eigenvalue weighted by molar-refractivity contribution is 6.68. The van der Waals surface area contributed by atoms with Gasteiger partial charge in [0, 0.05) is 6.10 Å². The topological polar surface area (TPSA) is 9.23 Å². The van der Waals surface area contributed by atoms with E-state index in [1.54, 1.807) is 0 Å². The van der Waals surface area contributed by atoms with Gasteiger partial charge in [-0.2, -0.15) is 0 Å². The molecule has 1 rings (SSSR count). The Labute approximate surface area is 87.6 Å². The molecule has 0 aliphatic heterocycles. The first-order valence-corrected chi connectivity index (χ1v) is 5.31. The lowest BCUT2D eigenvalue weighted by atomic mass is 9.52. The van der Waals surface area contributed by atoms with Crippen molar-refractivity contribution in [3.63, 3.8) is 0 Å². The van der Waals surface area contributed by atoms with Crippen LogP contribution < -0.4 is 5.46 Å². The van der Waals surface area contributed by atoms with E-state index in [2.05, 4.69) is 52.0 Å². The van der Waals surface area contributed by atoms with E-state index in [1.807, 2.05) is 6.07 Å². The Kier molecular flexibility index (Phi) is 4.21. The number of hydrogen-bond acceptors (Lipinski definition) is 1. The third-order valence-corrected chi connectivity index (χ3v) is 2.15. The largest absolute Gasteiger partial charge is 0.428 e. The maximum atomic E-state index is 5.90. The fourth-order valence-electron chi connectivity index (χ4n) is 1.56. The predicted molar refractivity (Wildman–Crippen MR) is 63.1 cm³/mol. The third kappa shape index (κ3) is 3.19. The van der Waals surface area contributed by atoms with Crippen molar-refractivity contribution in [2.45, 2.75) is 39.6 Å². The first kappa shape index (κ1) is 11.3. The zero-order chi connectivity index (χ0) is 10.6. The second-order valence-corrected chi connectivity index (χ2v) is 4.26. The molecule has 0 spiro atoms. The van der Waals surface area contributed by atoms with Gasteiger partial charge in [-0.3, -0.25) is 0 Å². The van der Waals surface area contributed by atoms with E-state index >= 15 is 0 Å². The Morgan fingerprint density at radius 1 is 1.00 bits per heavy atom. The molecule has 0 radical (unpaired) electrons. The standard InChI is InChI=1S/C12H19BO/c1-10(2)13(14-11(3)4)12-8-6-5-7-9-12/h5-11H,1-4H3. The Bertz CT molecular complexity index is 256. The van der Waals surface area contributed by atoms with Crippen LogP contribution in [-0.4, -0.2) is 13.0 Å². The highest BCUT2D eigenvalue weighted by Gasteiger charge is 2.23. The number of benzene rings is 1. The molecule has 1 aromatic carbocycles. The molecule has 2 heteroatoms. The van der Waals surface area contributed by atoms with Gasteiger partial charge >= 0.3 is 6.92 Å². The minimum Gasteiger partial charge on any atom is -0.428 e. The fourth-order valence-corrected chi connectivity index (χ4v) is 1.56. The molecule has 0 fully saturated rings. The second-order valence-electron chi connectivity index (χ2n) is 4.26. The van der Waals surface area contributed by atoms with Gasteiger partial charge in [0.1, 0.15) is 0 Å². The summed E-state index contributed by atoms with van der Waals surface area (Å²) in [6, 6.07) is 10.4. The van der Waals surface area contributed by atoms with E-state index in [0.717, 1.165) is 0 Å². The SMILES string of the molecule is CC(C)OB(c1ccccc1)C(C)C. The minimum atomic E-state index is 0.219. The summed E-state index contributed by atoms with van der Waals surface area (Å²) in [5.74, 6) is 0.514. The van der Waals surface area contributed by atoms with Crippen LogP contribution in [0.4, 0.5) is 0 Å².